The van der Waals surface area contributed by atoms with E-state index in [1.165, 1.54) is 0 Å². The fourth-order valence-corrected chi connectivity index (χ4v) is 2.73. The highest BCUT2D eigenvalue weighted by Gasteiger charge is 2.29. The fourth-order valence-electron chi connectivity index (χ4n) is 2.73. The first kappa shape index (κ1) is 16.4. The Morgan fingerprint density at radius 1 is 1.14 bits per heavy atom. The van der Waals surface area contributed by atoms with Crippen LogP contribution in [0.15, 0.2) is 14.9 Å². The number of rotatable bonds is 4. The van der Waals surface area contributed by atoms with Crippen LogP contribution in [0.2, 0.25) is 0 Å². The molecule has 0 aliphatic carbocycles. The Morgan fingerprint density at radius 3 is 2.23 bits per heavy atom. The van der Waals surface area contributed by atoms with Crippen molar-refractivity contribution in [2.24, 2.45) is 0 Å². The van der Waals surface area contributed by atoms with Crippen molar-refractivity contribution in [3.05, 3.63) is 45.8 Å². The molecule has 1 unspecified atom stereocenters. The SMILES string of the molecule is Cc1cc(C(C)(O)CNC(=O)c2c(C)oc(C)c2C)c(C)o1. The van der Waals surface area contributed by atoms with E-state index in [1.54, 1.807) is 26.8 Å². The summed E-state index contributed by atoms with van der Waals surface area (Å²) in [5.74, 6) is 2.46. The van der Waals surface area contributed by atoms with Gasteiger partial charge in [-0.25, -0.2) is 0 Å². The van der Waals surface area contributed by atoms with Gasteiger partial charge >= 0.3 is 0 Å². The number of amides is 1. The highest BCUT2D eigenvalue weighted by atomic mass is 16.3. The first-order valence-corrected chi connectivity index (χ1v) is 7.28. The van der Waals surface area contributed by atoms with E-state index in [1.807, 2.05) is 20.8 Å². The number of hydrogen-bond donors (Lipinski definition) is 2. The van der Waals surface area contributed by atoms with Gasteiger partial charge in [0.25, 0.3) is 5.91 Å². The lowest BCUT2D eigenvalue weighted by Crippen LogP contribution is -2.39. The van der Waals surface area contributed by atoms with Crippen molar-refractivity contribution in [1.29, 1.82) is 0 Å². The van der Waals surface area contributed by atoms with Crippen LogP contribution in [0.1, 0.15) is 51.4 Å². The second-order valence-corrected chi connectivity index (χ2v) is 6.00. The maximum atomic E-state index is 12.4. The summed E-state index contributed by atoms with van der Waals surface area (Å²) < 4.78 is 10.9. The molecule has 0 radical (unpaired) electrons. The molecular formula is C17H23NO4. The van der Waals surface area contributed by atoms with Crippen molar-refractivity contribution < 1.29 is 18.7 Å². The molecule has 1 atom stereocenters. The largest absolute Gasteiger partial charge is 0.466 e. The third-order valence-electron chi connectivity index (χ3n) is 4.00. The number of carbonyl (C=O) groups is 1. The van der Waals surface area contributed by atoms with E-state index in [2.05, 4.69) is 5.32 Å². The van der Waals surface area contributed by atoms with Crippen molar-refractivity contribution in [2.75, 3.05) is 6.54 Å². The van der Waals surface area contributed by atoms with Gasteiger partial charge in [-0.1, -0.05) is 0 Å². The minimum atomic E-state index is -1.20. The van der Waals surface area contributed by atoms with E-state index in [-0.39, 0.29) is 12.5 Å². The smallest absolute Gasteiger partial charge is 0.255 e. The zero-order valence-corrected chi connectivity index (χ0v) is 14.0. The molecule has 1 amide bonds. The van der Waals surface area contributed by atoms with Gasteiger partial charge in [0.1, 0.15) is 28.6 Å². The third kappa shape index (κ3) is 2.95. The Hall–Kier alpha value is -2.01. The van der Waals surface area contributed by atoms with Crippen LogP contribution >= 0.6 is 0 Å². The topological polar surface area (TPSA) is 75.6 Å². The summed E-state index contributed by atoms with van der Waals surface area (Å²) >= 11 is 0. The minimum absolute atomic E-state index is 0.0920. The van der Waals surface area contributed by atoms with Crippen molar-refractivity contribution in [3.63, 3.8) is 0 Å². The predicted molar refractivity (Wildman–Crippen MR) is 83.0 cm³/mol. The quantitative estimate of drug-likeness (QED) is 0.910. The summed E-state index contributed by atoms with van der Waals surface area (Å²) in [4.78, 5) is 12.4. The Labute approximate surface area is 130 Å². The van der Waals surface area contributed by atoms with Crippen molar-refractivity contribution in [1.82, 2.24) is 5.32 Å². The van der Waals surface area contributed by atoms with Crippen LogP contribution in [0.25, 0.3) is 0 Å². The van der Waals surface area contributed by atoms with Crippen LogP contribution in [0.3, 0.4) is 0 Å². The minimum Gasteiger partial charge on any atom is -0.466 e. The summed E-state index contributed by atoms with van der Waals surface area (Å²) in [5.41, 5.74) is 0.846. The average Bonchev–Trinajstić information content (AvgIpc) is 2.87. The lowest BCUT2D eigenvalue weighted by molar-refractivity contribution is 0.0513. The summed E-state index contributed by atoms with van der Waals surface area (Å²) in [6.45, 7) is 10.8. The van der Waals surface area contributed by atoms with E-state index < -0.39 is 5.60 Å². The molecular weight excluding hydrogens is 282 g/mol. The van der Waals surface area contributed by atoms with E-state index in [9.17, 15) is 9.90 Å². The van der Waals surface area contributed by atoms with Gasteiger partial charge < -0.3 is 19.3 Å². The van der Waals surface area contributed by atoms with E-state index >= 15 is 0 Å². The molecule has 2 aromatic rings. The summed E-state index contributed by atoms with van der Waals surface area (Å²) in [7, 11) is 0. The van der Waals surface area contributed by atoms with Crippen LogP contribution in [-0.4, -0.2) is 17.6 Å². The standard InChI is InChI=1S/C17H23NO4/c1-9-7-14(12(4)21-9)17(6,20)8-18-16(19)15-10(2)11(3)22-13(15)5/h7,20H,8H2,1-6H3,(H,18,19). The van der Waals surface area contributed by atoms with Gasteiger partial charge in [-0.3, -0.25) is 4.79 Å². The summed E-state index contributed by atoms with van der Waals surface area (Å²) in [6.07, 6.45) is 0. The highest BCUT2D eigenvalue weighted by Crippen LogP contribution is 2.27. The van der Waals surface area contributed by atoms with Gasteiger partial charge in [0.05, 0.1) is 12.1 Å². The van der Waals surface area contributed by atoms with Crippen LogP contribution in [0, 0.1) is 34.6 Å². The number of nitrogens with one attached hydrogen (secondary N) is 1. The van der Waals surface area contributed by atoms with Crippen LogP contribution in [0.5, 0.6) is 0 Å². The average molecular weight is 305 g/mol. The molecule has 0 saturated heterocycles. The lowest BCUT2D eigenvalue weighted by Gasteiger charge is -2.23. The third-order valence-corrected chi connectivity index (χ3v) is 4.00. The predicted octanol–water partition coefficient (Wildman–Crippen LogP) is 3.05. The number of aliphatic hydroxyl groups is 1. The number of furan rings is 2. The molecule has 2 heterocycles. The van der Waals surface area contributed by atoms with Gasteiger partial charge in [0, 0.05) is 11.1 Å². The van der Waals surface area contributed by atoms with Gasteiger partial charge in [-0.05, 0) is 47.6 Å². The number of aryl methyl sites for hydroxylation is 4. The molecule has 2 rings (SSSR count). The van der Waals surface area contributed by atoms with Gasteiger partial charge in [0.2, 0.25) is 0 Å². The molecule has 5 heteroatoms. The van der Waals surface area contributed by atoms with Gasteiger partial charge in [-0.15, -0.1) is 0 Å². The fraction of sp³-hybridized carbons (Fsp3) is 0.471. The molecule has 0 fully saturated rings. The maximum absolute atomic E-state index is 12.4. The monoisotopic (exact) mass is 305 g/mol. The lowest BCUT2D eigenvalue weighted by atomic mass is 9.96. The van der Waals surface area contributed by atoms with E-state index in [0.29, 0.717) is 22.6 Å². The number of hydrogen-bond acceptors (Lipinski definition) is 4. The Balaban J connectivity index is 2.15. The summed E-state index contributed by atoms with van der Waals surface area (Å²) in [5, 5.41) is 13.4. The molecule has 0 aliphatic rings. The molecule has 0 bridgehead atoms. The highest BCUT2D eigenvalue weighted by molar-refractivity contribution is 5.96. The molecule has 2 N–H and O–H groups in total. The molecule has 0 aromatic carbocycles. The molecule has 2 aromatic heterocycles. The number of carbonyl (C=O) groups excluding carboxylic acids is 1. The van der Waals surface area contributed by atoms with Crippen LogP contribution in [-0.2, 0) is 5.60 Å². The van der Waals surface area contributed by atoms with Crippen LogP contribution < -0.4 is 5.32 Å². The second-order valence-electron chi connectivity index (χ2n) is 6.00. The molecule has 0 aliphatic heterocycles. The van der Waals surface area contributed by atoms with Crippen molar-refractivity contribution >= 4 is 5.91 Å². The molecule has 0 saturated carbocycles. The Bertz CT molecular complexity index is 707. The van der Waals surface area contributed by atoms with E-state index in [0.717, 1.165) is 17.1 Å². The Kier molecular flexibility index (Phi) is 4.20. The van der Waals surface area contributed by atoms with Crippen molar-refractivity contribution in [2.45, 2.75) is 47.1 Å². The zero-order valence-electron chi connectivity index (χ0n) is 14.0. The normalized spacial score (nSPS) is 14.0. The Morgan fingerprint density at radius 2 is 1.77 bits per heavy atom. The van der Waals surface area contributed by atoms with Crippen LogP contribution in [0.4, 0.5) is 0 Å². The van der Waals surface area contributed by atoms with Gasteiger partial charge in [-0.2, -0.15) is 0 Å². The zero-order chi connectivity index (χ0) is 16.7. The molecule has 5 nitrogen and oxygen atoms in total. The molecule has 120 valence electrons. The molecule has 22 heavy (non-hydrogen) atoms. The van der Waals surface area contributed by atoms with Gasteiger partial charge in [0.15, 0.2) is 0 Å². The first-order chi connectivity index (χ1) is 10.1. The second kappa shape index (κ2) is 5.65. The maximum Gasteiger partial charge on any atom is 0.255 e. The molecule has 0 spiro atoms. The van der Waals surface area contributed by atoms with Crippen molar-refractivity contribution in [3.8, 4) is 0 Å². The first-order valence-electron chi connectivity index (χ1n) is 7.28. The summed E-state index contributed by atoms with van der Waals surface area (Å²) in [6, 6.07) is 1.79. The van der Waals surface area contributed by atoms with E-state index in [4.69, 9.17) is 8.83 Å².